The first-order chi connectivity index (χ1) is 14.6. The van der Waals surface area contributed by atoms with E-state index < -0.39 is 0 Å². The molecular weight excluding hydrogens is 378 g/mol. The summed E-state index contributed by atoms with van der Waals surface area (Å²) in [5, 5.41) is 7.10. The molecule has 0 aromatic carbocycles. The van der Waals surface area contributed by atoms with Crippen LogP contribution in [0, 0.1) is 5.92 Å². The van der Waals surface area contributed by atoms with E-state index in [1.54, 1.807) is 29.5 Å². The molecule has 4 heterocycles. The number of rotatable bonds is 6. The van der Waals surface area contributed by atoms with E-state index in [1.165, 1.54) is 0 Å². The summed E-state index contributed by atoms with van der Waals surface area (Å²) in [6.45, 7) is 4.64. The van der Waals surface area contributed by atoms with E-state index in [-0.39, 0.29) is 5.91 Å². The van der Waals surface area contributed by atoms with Crippen molar-refractivity contribution in [3.63, 3.8) is 0 Å². The Labute approximate surface area is 176 Å². The van der Waals surface area contributed by atoms with Crippen LogP contribution in [0.2, 0.25) is 0 Å². The van der Waals surface area contributed by atoms with E-state index >= 15 is 0 Å². The van der Waals surface area contributed by atoms with Gasteiger partial charge in [0.25, 0.3) is 5.91 Å². The Balaban J connectivity index is 1.37. The lowest BCUT2D eigenvalue weighted by Crippen LogP contribution is -2.39. The van der Waals surface area contributed by atoms with Crippen LogP contribution in [0.1, 0.15) is 35.8 Å². The predicted molar refractivity (Wildman–Crippen MR) is 115 cm³/mol. The third-order valence-corrected chi connectivity index (χ3v) is 5.52. The highest BCUT2D eigenvalue weighted by molar-refractivity contribution is 5.93. The molecule has 3 aromatic rings. The van der Waals surface area contributed by atoms with Crippen molar-refractivity contribution >= 4 is 11.7 Å². The van der Waals surface area contributed by atoms with Crippen molar-refractivity contribution in [1.82, 2.24) is 30.0 Å². The van der Waals surface area contributed by atoms with Crippen molar-refractivity contribution in [3.05, 3.63) is 54.2 Å². The number of hydrogen-bond acceptors (Lipinski definition) is 6. The Morgan fingerprint density at radius 1 is 1.20 bits per heavy atom. The minimum Gasteiger partial charge on any atom is -0.356 e. The van der Waals surface area contributed by atoms with Gasteiger partial charge in [-0.25, -0.2) is 9.97 Å². The maximum atomic E-state index is 12.2. The molecule has 0 spiro atoms. The van der Waals surface area contributed by atoms with Crippen LogP contribution in [-0.2, 0) is 13.5 Å². The molecule has 1 amide bonds. The number of hydrogen-bond donors (Lipinski definition) is 1. The minimum atomic E-state index is -0.0593. The maximum absolute atomic E-state index is 12.2. The summed E-state index contributed by atoms with van der Waals surface area (Å²) >= 11 is 0. The first kappa shape index (κ1) is 20.0. The van der Waals surface area contributed by atoms with E-state index in [0.29, 0.717) is 18.0 Å². The quantitative estimate of drug-likeness (QED) is 0.678. The molecule has 0 atom stereocenters. The van der Waals surface area contributed by atoms with Crippen molar-refractivity contribution < 1.29 is 4.79 Å². The first-order valence-electron chi connectivity index (χ1n) is 10.4. The Kier molecular flexibility index (Phi) is 6.02. The SMILES string of the molecule is CCc1cc(N2CCC(CNC(=O)c3cnn(C)c3)CC2)nc(-c2ccncc2)n1. The number of anilines is 1. The number of piperidine rings is 1. The topological polar surface area (TPSA) is 88.8 Å². The number of nitrogens with one attached hydrogen (secondary N) is 1. The Morgan fingerprint density at radius 3 is 2.63 bits per heavy atom. The van der Waals surface area contributed by atoms with Gasteiger partial charge in [-0.1, -0.05) is 6.92 Å². The van der Waals surface area contributed by atoms with Gasteiger partial charge >= 0.3 is 0 Å². The van der Waals surface area contributed by atoms with Crippen molar-refractivity contribution in [1.29, 1.82) is 0 Å². The highest BCUT2D eigenvalue weighted by Gasteiger charge is 2.22. The lowest BCUT2D eigenvalue weighted by atomic mass is 9.96. The van der Waals surface area contributed by atoms with Crippen molar-refractivity contribution in [3.8, 4) is 11.4 Å². The second-order valence-electron chi connectivity index (χ2n) is 7.67. The van der Waals surface area contributed by atoms with Crippen molar-refractivity contribution in [2.75, 3.05) is 24.5 Å². The molecule has 0 radical (unpaired) electrons. The summed E-state index contributed by atoms with van der Waals surface area (Å²) in [6.07, 6.45) is 9.76. The van der Waals surface area contributed by atoms with E-state index in [9.17, 15) is 4.79 Å². The third kappa shape index (κ3) is 4.64. The molecule has 156 valence electrons. The van der Waals surface area contributed by atoms with Gasteiger partial charge < -0.3 is 10.2 Å². The summed E-state index contributed by atoms with van der Waals surface area (Å²) in [7, 11) is 1.81. The van der Waals surface area contributed by atoms with Gasteiger partial charge in [-0.3, -0.25) is 14.5 Å². The highest BCUT2D eigenvalue weighted by Crippen LogP contribution is 2.25. The monoisotopic (exact) mass is 405 g/mol. The lowest BCUT2D eigenvalue weighted by Gasteiger charge is -2.33. The molecular formula is C22H27N7O. The molecule has 0 bridgehead atoms. The van der Waals surface area contributed by atoms with Crippen molar-refractivity contribution in [2.45, 2.75) is 26.2 Å². The number of aromatic nitrogens is 5. The summed E-state index contributed by atoms with van der Waals surface area (Å²) in [4.78, 5) is 28.2. The molecule has 1 N–H and O–H groups in total. The standard InChI is InChI=1S/C22H27N7O/c1-3-19-12-20(27-21(26-19)17-4-8-23-9-5-17)29-10-6-16(7-11-29)13-24-22(30)18-14-25-28(2)15-18/h4-5,8-9,12,14-16H,3,6-7,10-11,13H2,1-2H3,(H,24,30). The molecule has 30 heavy (non-hydrogen) atoms. The summed E-state index contributed by atoms with van der Waals surface area (Å²) in [6, 6.07) is 5.97. The average molecular weight is 406 g/mol. The van der Waals surface area contributed by atoms with Crippen LogP contribution < -0.4 is 10.2 Å². The normalized spacial score (nSPS) is 14.7. The van der Waals surface area contributed by atoms with Gasteiger partial charge in [-0.15, -0.1) is 0 Å². The van der Waals surface area contributed by atoms with Gasteiger partial charge in [0.15, 0.2) is 5.82 Å². The molecule has 1 aliphatic rings. The molecule has 4 rings (SSSR count). The van der Waals surface area contributed by atoms with E-state index in [4.69, 9.17) is 9.97 Å². The van der Waals surface area contributed by atoms with Crippen LogP contribution >= 0.6 is 0 Å². The minimum absolute atomic E-state index is 0.0593. The van der Waals surface area contributed by atoms with Crippen LogP contribution in [0.25, 0.3) is 11.4 Å². The highest BCUT2D eigenvalue weighted by atomic mass is 16.1. The molecule has 1 fully saturated rings. The molecule has 1 aliphatic heterocycles. The van der Waals surface area contributed by atoms with E-state index in [2.05, 4.69) is 33.3 Å². The predicted octanol–water partition coefficient (Wildman–Crippen LogP) is 2.48. The lowest BCUT2D eigenvalue weighted by molar-refractivity contribution is 0.0945. The summed E-state index contributed by atoms with van der Waals surface area (Å²) < 4.78 is 1.64. The fourth-order valence-corrected chi connectivity index (χ4v) is 3.70. The van der Waals surface area contributed by atoms with Crippen LogP contribution in [0.5, 0.6) is 0 Å². The molecule has 8 heteroatoms. The fraction of sp³-hybridized carbons (Fsp3) is 0.409. The first-order valence-corrected chi connectivity index (χ1v) is 10.4. The number of amides is 1. The Morgan fingerprint density at radius 2 is 1.97 bits per heavy atom. The van der Waals surface area contributed by atoms with Gasteiger partial charge in [-0.2, -0.15) is 5.10 Å². The molecule has 3 aromatic heterocycles. The molecule has 0 aliphatic carbocycles. The molecule has 1 saturated heterocycles. The van der Waals surface area contributed by atoms with Gasteiger partial charge in [-0.05, 0) is 37.3 Å². The number of nitrogens with zero attached hydrogens (tertiary/aromatic N) is 6. The Hall–Kier alpha value is -3.29. The van der Waals surface area contributed by atoms with Crippen LogP contribution in [-0.4, -0.2) is 50.3 Å². The van der Waals surface area contributed by atoms with Crippen LogP contribution in [0.3, 0.4) is 0 Å². The smallest absolute Gasteiger partial charge is 0.254 e. The number of carbonyl (C=O) groups excluding carboxylic acids is 1. The van der Waals surface area contributed by atoms with Gasteiger partial charge in [0.2, 0.25) is 0 Å². The zero-order valence-corrected chi connectivity index (χ0v) is 17.5. The second-order valence-corrected chi connectivity index (χ2v) is 7.67. The Bertz CT molecular complexity index is 994. The third-order valence-electron chi connectivity index (χ3n) is 5.52. The van der Waals surface area contributed by atoms with E-state index in [0.717, 1.165) is 55.3 Å². The summed E-state index contributed by atoms with van der Waals surface area (Å²) in [5.41, 5.74) is 2.62. The van der Waals surface area contributed by atoms with Gasteiger partial charge in [0.1, 0.15) is 5.82 Å². The second kappa shape index (κ2) is 9.02. The largest absolute Gasteiger partial charge is 0.356 e. The average Bonchev–Trinajstić information content (AvgIpc) is 3.24. The number of carbonyl (C=O) groups is 1. The summed E-state index contributed by atoms with van der Waals surface area (Å²) in [5.74, 6) is 2.13. The van der Waals surface area contributed by atoms with Gasteiger partial charge in [0.05, 0.1) is 11.8 Å². The number of pyridine rings is 1. The zero-order valence-electron chi connectivity index (χ0n) is 17.5. The molecule has 0 saturated carbocycles. The maximum Gasteiger partial charge on any atom is 0.254 e. The van der Waals surface area contributed by atoms with Crippen molar-refractivity contribution in [2.24, 2.45) is 13.0 Å². The van der Waals surface area contributed by atoms with E-state index in [1.807, 2.05) is 19.2 Å². The van der Waals surface area contributed by atoms with Gasteiger partial charge in [0, 0.05) is 62.6 Å². The van der Waals surface area contributed by atoms with Crippen LogP contribution in [0.15, 0.2) is 43.0 Å². The fourth-order valence-electron chi connectivity index (χ4n) is 3.70. The van der Waals surface area contributed by atoms with Crippen LogP contribution in [0.4, 0.5) is 5.82 Å². The molecule has 8 nitrogen and oxygen atoms in total. The zero-order chi connectivity index (χ0) is 20.9. The molecule has 0 unspecified atom stereocenters. The number of aryl methyl sites for hydroxylation is 2.